The SMILES string of the molecule is CCOC(=O)CN1C(=O)c2ccc(NC(C)=O)cc2C1=O. The molecule has 0 atom stereocenters. The van der Waals surface area contributed by atoms with Crippen LogP contribution in [0.5, 0.6) is 0 Å². The number of hydrogen-bond acceptors (Lipinski definition) is 5. The number of carbonyl (C=O) groups excluding carboxylic acids is 4. The number of benzene rings is 1. The molecule has 0 spiro atoms. The number of fused-ring (bicyclic) bond motifs is 1. The third kappa shape index (κ3) is 2.91. The molecule has 21 heavy (non-hydrogen) atoms. The first-order valence-corrected chi connectivity index (χ1v) is 6.37. The number of hydrogen-bond donors (Lipinski definition) is 1. The molecule has 0 saturated carbocycles. The summed E-state index contributed by atoms with van der Waals surface area (Å²) in [4.78, 5) is 47.5. The molecule has 7 heteroatoms. The number of rotatable bonds is 4. The Balaban J connectivity index is 2.25. The fourth-order valence-corrected chi connectivity index (χ4v) is 2.05. The van der Waals surface area contributed by atoms with Gasteiger partial charge in [-0.05, 0) is 25.1 Å². The van der Waals surface area contributed by atoms with Gasteiger partial charge in [0, 0.05) is 12.6 Å². The highest BCUT2D eigenvalue weighted by Crippen LogP contribution is 2.25. The fourth-order valence-electron chi connectivity index (χ4n) is 2.05. The van der Waals surface area contributed by atoms with E-state index in [0.717, 1.165) is 4.90 Å². The highest BCUT2D eigenvalue weighted by molar-refractivity contribution is 6.22. The molecular formula is C14H14N2O5. The van der Waals surface area contributed by atoms with Crippen LogP contribution in [0.15, 0.2) is 18.2 Å². The average Bonchev–Trinajstić information content (AvgIpc) is 2.63. The largest absolute Gasteiger partial charge is 0.465 e. The molecule has 1 aromatic rings. The summed E-state index contributed by atoms with van der Waals surface area (Å²) in [6, 6.07) is 4.40. The smallest absolute Gasteiger partial charge is 0.326 e. The zero-order chi connectivity index (χ0) is 15.6. The van der Waals surface area contributed by atoms with E-state index in [0.29, 0.717) is 5.69 Å². The van der Waals surface area contributed by atoms with Crippen molar-refractivity contribution in [2.75, 3.05) is 18.5 Å². The van der Waals surface area contributed by atoms with E-state index >= 15 is 0 Å². The van der Waals surface area contributed by atoms with Crippen molar-refractivity contribution in [2.24, 2.45) is 0 Å². The van der Waals surface area contributed by atoms with Crippen LogP contribution in [-0.2, 0) is 14.3 Å². The number of ether oxygens (including phenoxy) is 1. The Morgan fingerprint density at radius 1 is 1.19 bits per heavy atom. The van der Waals surface area contributed by atoms with Crippen LogP contribution in [0, 0.1) is 0 Å². The quantitative estimate of drug-likeness (QED) is 0.654. The molecule has 1 heterocycles. The van der Waals surface area contributed by atoms with Gasteiger partial charge in [0.15, 0.2) is 0 Å². The minimum absolute atomic E-state index is 0.163. The molecule has 0 unspecified atom stereocenters. The molecular weight excluding hydrogens is 276 g/mol. The van der Waals surface area contributed by atoms with Crippen molar-refractivity contribution < 1.29 is 23.9 Å². The van der Waals surface area contributed by atoms with Crippen molar-refractivity contribution in [1.82, 2.24) is 4.90 Å². The van der Waals surface area contributed by atoms with Crippen LogP contribution in [-0.4, -0.2) is 41.7 Å². The van der Waals surface area contributed by atoms with E-state index in [-0.39, 0.29) is 23.6 Å². The third-order valence-corrected chi connectivity index (χ3v) is 2.88. The number of nitrogens with zero attached hydrogens (tertiary/aromatic N) is 1. The van der Waals surface area contributed by atoms with Crippen molar-refractivity contribution in [2.45, 2.75) is 13.8 Å². The minimum Gasteiger partial charge on any atom is -0.465 e. The van der Waals surface area contributed by atoms with E-state index < -0.39 is 24.3 Å². The Morgan fingerprint density at radius 3 is 2.48 bits per heavy atom. The standard InChI is InChI=1S/C14H14N2O5/c1-3-21-12(18)7-16-13(19)10-5-4-9(15-8(2)17)6-11(10)14(16)20/h4-6H,3,7H2,1-2H3,(H,15,17). The number of imide groups is 1. The van der Waals surface area contributed by atoms with Gasteiger partial charge in [0.2, 0.25) is 5.91 Å². The Bertz CT molecular complexity index is 638. The summed E-state index contributed by atoms with van der Waals surface area (Å²) >= 11 is 0. The average molecular weight is 290 g/mol. The van der Waals surface area contributed by atoms with E-state index in [1.165, 1.54) is 25.1 Å². The summed E-state index contributed by atoms with van der Waals surface area (Å²) in [5.74, 6) is -2.04. The van der Waals surface area contributed by atoms with Crippen molar-refractivity contribution in [3.63, 3.8) is 0 Å². The molecule has 1 aliphatic rings. The molecule has 1 aromatic carbocycles. The van der Waals surface area contributed by atoms with Gasteiger partial charge in [0.25, 0.3) is 11.8 Å². The highest BCUT2D eigenvalue weighted by Gasteiger charge is 2.37. The van der Waals surface area contributed by atoms with Crippen LogP contribution >= 0.6 is 0 Å². The highest BCUT2D eigenvalue weighted by atomic mass is 16.5. The van der Waals surface area contributed by atoms with E-state index in [4.69, 9.17) is 4.74 Å². The molecule has 0 bridgehead atoms. The zero-order valence-electron chi connectivity index (χ0n) is 11.6. The number of carbonyl (C=O) groups is 4. The van der Waals surface area contributed by atoms with E-state index in [2.05, 4.69) is 5.32 Å². The van der Waals surface area contributed by atoms with Gasteiger partial charge in [0.05, 0.1) is 17.7 Å². The second-order valence-electron chi connectivity index (χ2n) is 4.44. The molecule has 0 aromatic heterocycles. The Kier molecular flexibility index (Phi) is 4.02. The Hall–Kier alpha value is -2.70. The van der Waals surface area contributed by atoms with Gasteiger partial charge < -0.3 is 10.1 Å². The summed E-state index contributed by atoms with van der Waals surface area (Å²) in [7, 11) is 0. The van der Waals surface area contributed by atoms with Gasteiger partial charge in [-0.25, -0.2) is 0 Å². The lowest BCUT2D eigenvalue weighted by molar-refractivity contribution is -0.143. The summed E-state index contributed by atoms with van der Waals surface area (Å²) in [5.41, 5.74) is 0.786. The number of esters is 1. The predicted molar refractivity (Wildman–Crippen MR) is 72.7 cm³/mol. The normalized spacial score (nSPS) is 13.1. The lowest BCUT2D eigenvalue weighted by atomic mass is 10.1. The summed E-state index contributed by atoms with van der Waals surface area (Å²) < 4.78 is 4.73. The molecule has 0 aliphatic carbocycles. The molecule has 7 nitrogen and oxygen atoms in total. The van der Waals surface area contributed by atoms with Crippen molar-refractivity contribution in [3.8, 4) is 0 Å². The molecule has 1 aliphatic heterocycles. The van der Waals surface area contributed by atoms with Crippen LogP contribution in [0.2, 0.25) is 0 Å². The monoisotopic (exact) mass is 290 g/mol. The number of anilines is 1. The van der Waals surface area contributed by atoms with Gasteiger partial charge in [-0.15, -0.1) is 0 Å². The van der Waals surface area contributed by atoms with Crippen LogP contribution in [0.4, 0.5) is 5.69 Å². The van der Waals surface area contributed by atoms with E-state index in [1.807, 2.05) is 0 Å². The van der Waals surface area contributed by atoms with Gasteiger partial charge in [-0.1, -0.05) is 0 Å². The third-order valence-electron chi connectivity index (χ3n) is 2.88. The van der Waals surface area contributed by atoms with Crippen LogP contribution in [0.25, 0.3) is 0 Å². The second kappa shape index (κ2) is 5.74. The first-order valence-electron chi connectivity index (χ1n) is 6.37. The molecule has 0 radical (unpaired) electrons. The molecule has 3 amide bonds. The summed E-state index contributed by atoms with van der Waals surface area (Å²) in [5, 5.41) is 2.53. The first-order chi connectivity index (χ1) is 9.93. The Labute approximate surface area is 120 Å². The molecule has 1 N–H and O–H groups in total. The lowest BCUT2D eigenvalue weighted by Crippen LogP contribution is -2.35. The summed E-state index contributed by atoms with van der Waals surface area (Å²) in [6.07, 6.45) is 0. The lowest BCUT2D eigenvalue weighted by Gasteiger charge is -2.12. The van der Waals surface area contributed by atoms with Gasteiger partial charge >= 0.3 is 5.97 Å². The molecule has 0 saturated heterocycles. The number of amides is 3. The first kappa shape index (κ1) is 14.7. The van der Waals surface area contributed by atoms with Crippen molar-refractivity contribution >= 4 is 29.4 Å². The van der Waals surface area contributed by atoms with Gasteiger partial charge in [-0.2, -0.15) is 0 Å². The number of nitrogens with one attached hydrogen (secondary N) is 1. The molecule has 110 valence electrons. The van der Waals surface area contributed by atoms with Crippen LogP contribution < -0.4 is 5.32 Å². The van der Waals surface area contributed by atoms with Crippen molar-refractivity contribution in [1.29, 1.82) is 0 Å². The van der Waals surface area contributed by atoms with E-state index in [1.54, 1.807) is 6.92 Å². The van der Waals surface area contributed by atoms with Crippen LogP contribution in [0.3, 0.4) is 0 Å². The predicted octanol–water partition coefficient (Wildman–Crippen LogP) is 0.804. The van der Waals surface area contributed by atoms with Crippen molar-refractivity contribution in [3.05, 3.63) is 29.3 Å². The zero-order valence-corrected chi connectivity index (χ0v) is 11.6. The maximum atomic E-state index is 12.2. The van der Waals surface area contributed by atoms with Gasteiger partial charge in [-0.3, -0.25) is 24.1 Å². The molecule has 0 fully saturated rings. The topological polar surface area (TPSA) is 92.8 Å². The minimum atomic E-state index is -0.644. The van der Waals surface area contributed by atoms with Crippen LogP contribution in [0.1, 0.15) is 34.6 Å². The maximum Gasteiger partial charge on any atom is 0.326 e. The fraction of sp³-hybridized carbons (Fsp3) is 0.286. The maximum absolute atomic E-state index is 12.2. The summed E-state index contributed by atoms with van der Waals surface area (Å²) in [6.45, 7) is 2.73. The Morgan fingerprint density at radius 2 is 1.86 bits per heavy atom. The van der Waals surface area contributed by atoms with Gasteiger partial charge in [0.1, 0.15) is 6.54 Å². The molecule has 2 rings (SSSR count). The van der Waals surface area contributed by atoms with E-state index in [9.17, 15) is 19.2 Å². The second-order valence-corrected chi connectivity index (χ2v) is 4.44.